The van der Waals surface area contributed by atoms with Gasteiger partial charge in [-0.15, -0.1) is 0 Å². The van der Waals surface area contributed by atoms with Gasteiger partial charge >= 0.3 is 17.7 Å². The van der Waals surface area contributed by atoms with Gasteiger partial charge in [0.1, 0.15) is 23.7 Å². The number of H-pyrrole nitrogens is 2. The second-order valence-electron chi connectivity index (χ2n) is 18.1. The summed E-state index contributed by atoms with van der Waals surface area (Å²) < 4.78 is 51.6. The summed E-state index contributed by atoms with van der Waals surface area (Å²) in [6, 6.07) is 24.0. The van der Waals surface area contributed by atoms with Crippen LogP contribution >= 0.6 is 11.8 Å². The number of carbonyl (C=O) groups excluding carboxylic acids is 4. The van der Waals surface area contributed by atoms with Gasteiger partial charge in [-0.25, -0.2) is 19.6 Å². The number of benzene rings is 3. The molecule has 19 heteroatoms. The first-order chi connectivity index (χ1) is 33.5. The molecule has 70 heavy (non-hydrogen) atoms. The average molecular weight is 980 g/mol. The zero-order chi connectivity index (χ0) is 49.9. The maximum absolute atomic E-state index is 13.7. The van der Waals surface area contributed by atoms with E-state index >= 15 is 0 Å². The molecule has 6 aromatic rings. The standard InChI is InChI=1S/C51H56F3N9O6S/c1-29(2)43(59-49(66)68-5)47(64)61-25-7-9-41(61)45-55-27-37(57-45)31-11-15-33(16-12-31)39-23-24-40(63(39)35-19-21-36(22-20-35)70-51(52,53)54)34-17-13-32(14-18-34)38-28-56-46(58-38)42-10-8-26-62(42)48(65)44(30(3)4)60-50(67)69-6/h11-24,27-30,41-44H,7-10,25-26H2,1-6H3,(H,55,57)(H,56,58)(H,59,66)(H,60,67)/t41-,42-,43-,44-/m0/s1. The Labute approximate surface area is 407 Å². The van der Waals surface area contributed by atoms with Gasteiger partial charge in [0.15, 0.2) is 0 Å². The van der Waals surface area contributed by atoms with E-state index in [0.29, 0.717) is 43.3 Å². The number of ether oxygens (including phenoxy) is 2. The molecule has 368 valence electrons. The summed E-state index contributed by atoms with van der Waals surface area (Å²) >= 11 is -0.164. The smallest absolute Gasteiger partial charge is 0.446 e. The van der Waals surface area contributed by atoms with Crippen LogP contribution in [0.5, 0.6) is 0 Å². The van der Waals surface area contributed by atoms with E-state index in [1.165, 1.54) is 26.4 Å². The van der Waals surface area contributed by atoms with E-state index in [1.54, 1.807) is 34.3 Å². The Morgan fingerprint density at radius 3 is 1.40 bits per heavy atom. The molecule has 0 saturated carbocycles. The minimum absolute atomic E-state index is 0.0726. The lowest BCUT2D eigenvalue weighted by Crippen LogP contribution is -2.51. The van der Waals surface area contributed by atoms with Crippen LogP contribution in [-0.4, -0.2) is 103 Å². The highest BCUT2D eigenvalue weighted by Gasteiger charge is 2.39. The van der Waals surface area contributed by atoms with Crippen LogP contribution in [-0.2, 0) is 19.1 Å². The van der Waals surface area contributed by atoms with Crippen molar-refractivity contribution in [1.82, 2.24) is 44.9 Å². The van der Waals surface area contributed by atoms with Gasteiger partial charge in [-0.2, -0.15) is 13.2 Å². The molecular weight excluding hydrogens is 924 g/mol. The van der Waals surface area contributed by atoms with E-state index < -0.39 is 29.8 Å². The third-order valence-electron chi connectivity index (χ3n) is 12.9. The Kier molecular flexibility index (Phi) is 14.8. The van der Waals surface area contributed by atoms with Crippen molar-refractivity contribution in [1.29, 1.82) is 0 Å². The van der Waals surface area contributed by atoms with Crippen LogP contribution < -0.4 is 10.6 Å². The molecule has 15 nitrogen and oxygen atoms in total. The second kappa shape index (κ2) is 20.9. The summed E-state index contributed by atoms with van der Waals surface area (Å²) in [4.78, 5) is 71.4. The molecule has 0 radical (unpaired) electrons. The number of hydrogen-bond donors (Lipinski definition) is 4. The van der Waals surface area contributed by atoms with Gasteiger partial charge in [0.2, 0.25) is 11.8 Å². The maximum Gasteiger partial charge on any atom is 0.446 e. The molecule has 0 aliphatic carbocycles. The van der Waals surface area contributed by atoms with Crippen LogP contribution in [0.3, 0.4) is 0 Å². The molecule has 2 fully saturated rings. The maximum atomic E-state index is 13.7. The monoisotopic (exact) mass is 979 g/mol. The van der Waals surface area contributed by atoms with Crippen LogP contribution in [0.15, 0.2) is 102 Å². The predicted octanol–water partition coefficient (Wildman–Crippen LogP) is 10.3. The van der Waals surface area contributed by atoms with Gasteiger partial charge in [-0.3, -0.25) is 9.59 Å². The van der Waals surface area contributed by atoms with Crippen LogP contribution in [0, 0.1) is 11.8 Å². The van der Waals surface area contributed by atoms with Gasteiger partial charge in [0.05, 0.1) is 61.5 Å². The number of alkyl carbamates (subject to hydrolysis) is 2. The number of rotatable bonds is 14. The molecule has 3 aromatic carbocycles. The fraction of sp³-hybridized carbons (Fsp3) is 0.373. The molecule has 0 unspecified atom stereocenters. The van der Waals surface area contributed by atoms with Crippen molar-refractivity contribution < 1.29 is 41.8 Å². The molecule has 2 saturated heterocycles. The molecule has 4 amide bonds. The van der Waals surface area contributed by atoms with Crippen molar-refractivity contribution in [3.05, 3.63) is 109 Å². The minimum atomic E-state index is -4.43. The van der Waals surface area contributed by atoms with Crippen molar-refractivity contribution in [3.63, 3.8) is 0 Å². The van der Waals surface area contributed by atoms with E-state index in [0.717, 1.165) is 57.9 Å². The van der Waals surface area contributed by atoms with Crippen LogP contribution in [0.1, 0.15) is 77.1 Å². The number of carbonyl (C=O) groups is 4. The van der Waals surface area contributed by atoms with E-state index in [1.807, 2.05) is 92.9 Å². The summed E-state index contributed by atoms with van der Waals surface area (Å²) in [6.45, 7) is 8.55. The summed E-state index contributed by atoms with van der Waals surface area (Å²) in [6.07, 6.45) is 5.15. The molecule has 0 bridgehead atoms. The third-order valence-corrected chi connectivity index (χ3v) is 13.6. The first kappa shape index (κ1) is 49.4. The Hall–Kier alpha value is -7.02. The van der Waals surface area contributed by atoms with Crippen molar-refractivity contribution >= 4 is 35.8 Å². The highest BCUT2D eigenvalue weighted by Crippen LogP contribution is 2.40. The quantitative estimate of drug-likeness (QED) is 0.0773. The lowest BCUT2D eigenvalue weighted by molar-refractivity contribution is -0.136. The SMILES string of the molecule is COC(=O)N[C@H](C(=O)N1CCC[C@H]1c1ncc(-c2ccc(-c3ccc(-c4ccc(-c5cnc([C@@H]6CCCN6C(=O)[C@@H](NC(=O)OC)C(C)C)[nH]5)cc4)n3-c3ccc(SC(F)(F)F)cc3)cc2)[nH]1)C(C)C. The number of methoxy groups -OCH3 is 2. The first-order valence-corrected chi connectivity index (χ1v) is 24.0. The van der Waals surface area contributed by atoms with E-state index in [2.05, 4.69) is 20.6 Å². The van der Waals surface area contributed by atoms with E-state index in [4.69, 9.17) is 19.4 Å². The summed E-state index contributed by atoms with van der Waals surface area (Å²) in [5.74, 6) is 0.582. The van der Waals surface area contributed by atoms with Crippen molar-refractivity contribution in [2.75, 3.05) is 27.3 Å². The number of halogens is 3. The number of thioether (sulfide) groups is 1. The molecule has 2 aliphatic heterocycles. The number of aromatic nitrogens is 5. The fourth-order valence-corrected chi connectivity index (χ4v) is 9.83. The lowest BCUT2D eigenvalue weighted by atomic mass is 10.0. The number of hydrogen-bond acceptors (Lipinski definition) is 9. The topological polar surface area (TPSA) is 180 Å². The van der Waals surface area contributed by atoms with Crippen LogP contribution in [0.2, 0.25) is 0 Å². The van der Waals surface area contributed by atoms with Crippen molar-refractivity contribution in [2.24, 2.45) is 11.8 Å². The molecule has 5 heterocycles. The molecular formula is C51H56F3N9O6S. The lowest BCUT2D eigenvalue weighted by Gasteiger charge is -2.30. The molecule has 2 aliphatic rings. The van der Waals surface area contributed by atoms with Gasteiger partial charge in [0, 0.05) is 23.7 Å². The fourth-order valence-electron chi connectivity index (χ4n) is 9.29. The zero-order valence-corrected chi connectivity index (χ0v) is 40.5. The number of aromatic amines is 2. The largest absolute Gasteiger partial charge is 0.453 e. The van der Waals surface area contributed by atoms with E-state index in [-0.39, 0.29) is 52.4 Å². The molecule has 8 rings (SSSR count). The normalized spacial score (nSPS) is 17.0. The molecule has 3 aromatic heterocycles. The predicted molar refractivity (Wildman–Crippen MR) is 259 cm³/mol. The Balaban J connectivity index is 1.04. The average Bonchev–Trinajstić information content (AvgIpc) is 4.21. The van der Waals surface area contributed by atoms with Gasteiger partial charge in [-0.05, 0) is 108 Å². The summed E-state index contributed by atoms with van der Waals surface area (Å²) in [5, 5.41) is 5.36. The minimum Gasteiger partial charge on any atom is -0.453 e. The van der Waals surface area contributed by atoms with Gasteiger partial charge in [-0.1, -0.05) is 76.2 Å². The number of amides is 4. The molecule has 4 N–H and O–H groups in total. The number of imidazole rings is 2. The number of likely N-dealkylation sites (tertiary alicyclic amines) is 2. The first-order valence-electron chi connectivity index (χ1n) is 23.2. The highest BCUT2D eigenvalue weighted by atomic mass is 32.2. The van der Waals surface area contributed by atoms with Crippen LogP contribution in [0.4, 0.5) is 22.8 Å². The summed E-state index contributed by atoms with van der Waals surface area (Å²) in [5.41, 5.74) is 2.80. The Morgan fingerprint density at radius 1 is 0.629 bits per heavy atom. The van der Waals surface area contributed by atoms with Gasteiger partial charge in [0.25, 0.3) is 0 Å². The van der Waals surface area contributed by atoms with Crippen molar-refractivity contribution in [3.8, 4) is 50.7 Å². The number of nitrogens with one attached hydrogen (secondary N) is 4. The van der Waals surface area contributed by atoms with Gasteiger partial charge < -0.3 is 44.4 Å². The molecule has 4 atom stereocenters. The van der Waals surface area contributed by atoms with Crippen LogP contribution in [0.25, 0.3) is 50.7 Å². The zero-order valence-electron chi connectivity index (χ0n) is 39.7. The van der Waals surface area contributed by atoms with E-state index in [9.17, 15) is 32.3 Å². The number of alkyl halides is 3. The third kappa shape index (κ3) is 10.7. The number of nitrogens with zero attached hydrogens (tertiary/aromatic N) is 5. The van der Waals surface area contributed by atoms with Crippen molar-refractivity contribution in [2.45, 2.75) is 87.9 Å². The Morgan fingerprint density at radius 2 is 1.03 bits per heavy atom. The second-order valence-corrected chi connectivity index (χ2v) is 19.2. The summed E-state index contributed by atoms with van der Waals surface area (Å²) in [7, 11) is 2.53. The highest BCUT2D eigenvalue weighted by molar-refractivity contribution is 8.00. The molecule has 0 spiro atoms. The Bertz CT molecular complexity index is 2650.